The van der Waals surface area contributed by atoms with Gasteiger partial charge in [-0.2, -0.15) is 10.2 Å². The molecule has 8 heteroatoms. The maximum Gasteiger partial charge on any atom is 0.240 e. The molecule has 42 heavy (non-hydrogen) atoms. The smallest absolute Gasteiger partial charge is 0.240 e. The molecule has 4 rings (SSSR count). The molecule has 0 fully saturated rings. The Balaban J connectivity index is 1.09. The van der Waals surface area contributed by atoms with Crippen LogP contribution in [0, 0.1) is 0 Å². The largest absolute Gasteiger partial charge is 0.489 e. The highest BCUT2D eigenvalue weighted by molar-refractivity contribution is 5.83. The van der Waals surface area contributed by atoms with Crippen LogP contribution in [0.4, 0.5) is 0 Å². The maximum atomic E-state index is 12.1. The molecule has 214 valence electrons. The predicted molar refractivity (Wildman–Crippen MR) is 164 cm³/mol. The summed E-state index contributed by atoms with van der Waals surface area (Å²) in [5.41, 5.74) is 8.84. The molecule has 0 aromatic heterocycles. The number of carbonyl (C=O) groups is 2. The summed E-state index contributed by atoms with van der Waals surface area (Å²) in [6.07, 6.45) is 4.80. The lowest BCUT2D eigenvalue weighted by atomic mass is 10.2. The minimum atomic E-state index is -0.212. The highest BCUT2D eigenvalue weighted by atomic mass is 16.5. The minimum absolute atomic E-state index is 0.212. The van der Waals surface area contributed by atoms with Crippen LogP contribution in [0.25, 0.3) is 0 Å². The number of ether oxygens (including phenoxy) is 2. The van der Waals surface area contributed by atoms with Gasteiger partial charge in [-0.15, -0.1) is 0 Å². The molecule has 0 saturated carbocycles. The van der Waals surface area contributed by atoms with E-state index >= 15 is 0 Å². The Hall–Kier alpha value is -5.24. The van der Waals surface area contributed by atoms with Crippen LogP contribution in [0.15, 0.2) is 119 Å². The molecular formula is C34H34N4O4. The zero-order valence-corrected chi connectivity index (χ0v) is 23.3. The number of rotatable bonds is 15. The number of hydrogen-bond acceptors (Lipinski definition) is 6. The van der Waals surface area contributed by atoms with E-state index in [0.717, 1.165) is 33.8 Å². The van der Waals surface area contributed by atoms with Gasteiger partial charge >= 0.3 is 0 Å². The van der Waals surface area contributed by atoms with Gasteiger partial charge in [0.1, 0.15) is 24.7 Å². The fourth-order valence-electron chi connectivity index (χ4n) is 3.89. The van der Waals surface area contributed by atoms with E-state index < -0.39 is 0 Å². The van der Waals surface area contributed by atoms with Gasteiger partial charge in [0.25, 0.3) is 0 Å². The van der Waals surface area contributed by atoms with Gasteiger partial charge in [0.15, 0.2) is 0 Å². The van der Waals surface area contributed by atoms with Crippen molar-refractivity contribution < 1.29 is 19.1 Å². The second-order valence-electron chi connectivity index (χ2n) is 9.49. The fraction of sp³-hybridized carbons (Fsp3) is 0.176. The van der Waals surface area contributed by atoms with Gasteiger partial charge in [-0.1, -0.05) is 84.9 Å². The molecule has 0 aliphatic heterocycles. The second kappa shape index (κ2) is 16.8. The average molecular weight is 563 g/mol. The molecule has 0 bridgehead atoms. The van der Waals surface area contributed by atoms with Gasteiger partial charge in [0.05, 0.1) is 12.4 Å². The van der Waals surface area contributed by atoms with Crippen LogP contribution in [-0.4, -0.2) is 24.2 Å². The van der Waals surface area contributed by atoms with Crippen LogP contribution >= 0.6 is 0 Å². The Bertz CT molecular complexity index is 1360. The van der Waals surface area contributed by atoms with Crippen LogP contribution in [0.5, 0.6) is 11.5 Å². The molecule has 0 atom stereocenters. The van der Waals surface area contributed by atoms with Crippen molar-refractivity contribution in [2.75, 3.05) is 0 Å². The van der Waals surface area contributed by atoms with Crippen molar-refractivity contribution in [1.82, 2.24) is 10.9 Å². The molecule has 0 unspecified atom stereocenters. The Morgan fingerprint density at radius 1 is 0.571 bits per heavy atom. The Morgan fingerprint density at radius 3 is 1.43 bits per heavy atom. The summed E-state index contributed by atoms with van der Waals surface area (Å²) >= 11 is 0. The molecule has 4 aromatic rings. The molecule has 8 nitrogen and oxygen atoms in total. The number of hydrogen-bond donors (Lipinski definition) is 2. The number of unbranched alkanes of at least 4 members (excludes halogenated alkanes) is 1. The van der Waals surface area contributed by atoms with Crippen molar-refractivity contribution in [3.05, 3.63) is 131 Å². The topological polar surface area (TPSA) is 101 Å². The van der Waals surface area contributed by atoms with E-state index in [9.17, 15) is 9.59 Å². The first kappa shape index (κ1) is 29.7. The number of nitrogens with one attached hydrogen (secondary N) is 2. The molecule has 2 amide bonds. The number of nitrogens with zero attached hydrogens (tertiary/aromatic N) is 2. The van der Waals surface area contributed by atoms with E-state index in [0.29, 0.717) is 26.1 Å². The van der Waals surface area contributed by atoms with Gasteiger partial charge in [-0.3, -0.25) is 9.59 Å². The van der Waals surface area contributed by atoms with E-state index in [-0.39, 0.29) is 24.7 Å². The van der Waals surface area contributed by atoms with Crippen molar-refractivity contribution in [3.63, 3.8) is 0 Å². The summed E-state index contributed by atoms with van der Waals surface area (Å²) in [5, 5.41) is 8.06. The first-order valence-electron chi connectivity index (χ1n) is 13.8. The van der Waals surface area contributed by atoms with Gasteiger partial charge in [-0.25, -0.2) is 10.9 Å². The van der Waals surface area contributed by atoms with Gasteiger partial charge < -0.3 is 9.47 Å². The van der Waals surface area contributed by atoms with Crippen LogP contribution in [0.3, 0.4) is 0 Å². The van der Waals surface area contributed by atoms with Crippen LogP contribution in [0.1, 0.15) is 47.9 Å². The molecule has 2 N–H and O–H groups in total. The van der Waals surface area contributed by atoms with E-state index in [1.807, 2.05) is 109 Å². The third-order valence-electron chi connectivity index (χ3n) is 6.08. The van der Waals surface area contributed by atoms with E-state index in [4.69, 9.17) is 9.47 Å². The number of hydrazone groups is 2. The van der Waals surface area contributed by atoms with Gasteiger partial charge in [0, 0.05) is 12.8 Å². The van der Waals surface area contributed by atoms with Gasteiger partial charge in [-0.05, 0) is 59.4 Å². The van der Waals surface area contributed by atoms with Crippen molar-refractivity contribution in [1.29, 1.82) is 0 Å². The molecule has 0 spiro atoms. The highest BCUT2D eigenvalue weighted by Crippen LogP contribution is 2.15. The van der Waals surface area contributed by atoms with E-state index in [1.54, 1.807) is 12.4 Å². The molecule has 0 aliphatic carbocycles. The van der Waals surface area contributed by atoms with Gasteiger partial charge in [0.2, 0.25) is 11.8 Å². The summed E-state index contributed by atoms with van der Waals surface area (Å²) in [6.45, 7) is 0.947. The predicted octanol–water partition coefficient (Wildman–Crippen LogP) is 6.01. The third-order valence-corrected chi connectivity index (χ3v) is 6.08. The first-order valence-corrected chi connectivity index (χ1v) is 13.8. The lowest BCUT2D eigenvalue weighted by molar-refractivity contribution is -0.123. The van der Waals surface area contributed by atoms with Crippen molar-refractivity contribution in [2.45, 2.75) is 38.9 Å². The van der Waals surface area contributed by atoms with E-state index in [1.165, 1.54) is 0 Å². The molecular weight excluding hydrogens is 528 g/mol. The van der Waals surface area contributed by atoms with Crippen molar-refractivity contribution >= 4 is 24.2 Å². The summed E-state index contributed by atoms with van der Waals surface area (Å²) in [4.78, 5) is 24.2. The summed E-state index contributed by atoms with van der Waals surface area (Å²) in [5.74, 6) is 1.02. The van der Waals surface area contributed by atoms with E-state index in [2.05, 4.69) is 21.1 Å². The Labute approximate surface area is 246 Å². The fourth-order valence-corrected chi connectivity index (χ4v) is 3.89. The van der Waals surface area contributed by atoms with Crippen LogP contribution in [-0.2, 0) is 22.8 Å². The molecule has 0 radical (unpaired) electrons. The molecule has 0 aliphatic rings. The SMILES string of the molecule is O=C(CCCCC(=O)NN=Cc1cccc(OCc2ccccc2)c1)NN=Cc1cccc(OCc2ccccc2)c1. The average Bonchev–Trinajstić information content (AvgIpc) is 3.03. The summed E-state index contributed by atoms with van der Waals surface area (Å²) in [7, 11) is 0. The monoisotopic (exact) mass is 562 g/mol. The number of benzene rings is 4. The zero-order chi connectivity index (χ0) is 29.2. The summed E-state index contributed by atoms with van der Waals surface area (Å²) < 4.78 is 11.6. The zero-order valence-electron chi connectivity index (χ0n) is 23.3. The quantitative estimate of drug-likeness (QED) is 0.105. The minimum Gasteiger partial charge on any atom is -0.489 e. The highest BCUT2D eigenvalue weighted by Gasteiger charge is 2.04. The lowest BCUT2D eigenvalue weighted by Gasteiger charge is -2.07. The normalized spacial score (nSPS) is 11.0. The number of carbonyl (C=O) groups excluding carboxylic acids is 2. The molecule has 0 saturated heterocycles. The van der Waals surface area contributed by atoms with Crippen molar-refractivity contribution in [3.8, 4) is 11.5 Å². The summed E-state index contributed by atoms with van der Waals surface area (Å²) in [6, 6.07) is 34.8. The second-order valence-corrected chi connectivity index (χ2v) is 9.49. The van der Waals surface area contributed by atoms with Crippen LogP contribution < -0.4 is 20.3 Å². The number of amides is 2. The third kappa shape index (κ3) is 11.1. The molecule has 0 heterocycles. The Kier molecular flexibility index (Phi) is 11.9. The van der Waals surface area contributed by atoms with Crippen LogP contribution in [0.2, 0.25) is 0 Å². The lowest BCUT2D eigenvalue weighted by Crippen LogP contribution is -2.19. The molecule has 4 aromatic carbocycles. The standard InChI is InChI=1S/C34H34N4O4/c39-33(37-35-23-29-15-9-17-31(21-29)41-25-27-11-3-1-4-12-27)19-7-8-20-34(40)38-36-24-30-16-10-18-32(22-30)42-26-28-13-5-2-6-14-28/h1-6,9-18,21-24H,7-8,19-20,25-26H2,(H,37,39)(H,38,40). The first-order chi connectivity index (χ1) is 20.6. The maximum absolute atomic E-state index is 12.1. The van der Waals surface area contributed by atoms with Crippen molar-refractivity contribution in [2.24, 2.45) is 10.2 Å². The Morgan fingerprint density at radius 2 is 1.00 bits per heavy atom.